The van der Waals surface area contributed by atoms with Crippen LogP contribution >= 0.6 is 0 Å². The number of nitrogens with zero attached hydrogens (tertiary/aromatic N) is 1. The molecular formula is C32H41N5O4. The van der Waals surface area contributed by atoms with Gasteiger partial charge in [-0.05, 0) is 48.5 Å². The van der Waals surface area contributed by atoms with Crippen LogP contribution in [0.5, 0.6) is 0 Å². The highest BCUT2D eigenvalue weighted by Gasteiger charge is 2.26. The molecule has 0 unspecified atom stereocenters. The van der Waals surface area contributed by atoms with Gasteiger partial charge >= 0.3 is 5.97 Å². The molecule has 41 heavy (non-hydrogen) atoms. The smallest absolute Gasteiger partial charge is 0.326 e. The number of anilines is 4. The number of carbonyl (C=O) groups is 1. The normalized spacial score (nSPS) is 11.5. The van der Waals surface area contributed by atoms with E-state index in [0.717, 1.165) is 53.6 Å². The molecule has 9 nitrogen and oxygen atoms in total. The first-order chi connectivity index (χ1) is 19.9. The number of carboxylic acids is 1. The van der Waals surface area contributed by atoms with Crippen molar-refractivity contribution < 1.29 is 9.90 Å². The van der Waals surface area contributed by atoms with E-state index in [2.05, 4.69) is 34.8 Å². The van der Waals surface area contributed by atoms with Crippen molar-refractivity contribution in [1.82, 2.24) is 4.98 Å². The minimum atomic E-state index is -1.10. The average molecular weight is 560 g/mol. The summed E-state index contributed by atoms with van der Waals surface area (Å²) in [5, 5.41) is 20.8. The fraction of sp³-hybridized carbons (Fsp3) is 0.375. The summed E-state index contributed by atoms with van der Waals surface area (Å²) in [6.45, 7) is 5.67. The van der Waals surface area contributed by atoms with Gasteiger partial charge in [-0.15, -0.1) is 0 Å². The third-order valence-corrected chi connectivity index (χ3v) is 6.75. The Bertz CT molecular complexity index is 1450. The molecule has 0 saturated carbocycles. The number of aliphatic carboxylic acids is 1. The van der Waals surface area contributed by atoms with Gasteiger partial charge in [-0.1, -0.05) is 75.9 Å². The number of pyridine rings is 1. The highest BCUT2D eigenvalue weighted by Crippen LogP contribution is 2.24. The number of hydrogen-bond donors (Lipinski definition) is 5. The van der Waals surface area contributed by atoms with Crippen molar-refractivity contribution >= 4 is 39.6 Å². The van der Waals surface area contributed by atoms with Crippen molar-refractivity contribution in [3.8, 4) is 0 Å². The Morgan fingerprint density at radius 1 is 0.902 bits per heavy atom. The molecule has 0 aliphatic carbocycles. The molecule has 6 N–H and O–H groups in total. The van der Waals surface area contributed by atoms with Gasteiger partial charge in [0.15, 0.2) is 0 Å². The lowest BCUT2D eigenvalue weighted by atomic mass is 10.0. The molecule has 0 saturated heterocycles. The second-order valence-corrected chi connectivity index (χ2v) is 9.98. The van der Waals surface area contributed by atoms with Crippen LogP contribution in [0.15, 0.2) is 70.4 Å². The summed E-state index contributed by atoms with van der Waals surface area (Å²) in [7, 11) is 0. The molecule has 0 aliphatic heterocycles. The van der Waals surface area contributed by atoms with Crippen molar-refractivity contribution in [1.29, 1.82) is 0 Å². The monoisotopic (exact) mass is 559 g/mol. The molecule has 1 heterocycles. The summed E-state index contributed by atoms with van der Waals surface area (Å²) < 4.78 is 0. The van der Waals surface area contributed by atoms with Crippen molar-refractivity contribution in [3.63, 3.8) is 0 Å². The third kappa shape index (κ3) is 8.88. The van der Waals surface area contributed by atoms with Crippen LogP contribution in [0.25, 0.3) is 10.8 Å². The average Bonchev–Trinajstić information content (AvgIpc) is 2.99. The number of benzene rings is 2. The van der Waals surface area contributed by atoms with Gasteiger partial charge in [0.1, 0.15) is 23.2 Å². The highest BCUT2D eigenvalue weighted by molar-refractivity contribution is 5.93. The number of aromatic nitrogens is 1. The van der Waals surface area contributed by atoms with Crippen LogP contribution in [0.4, 0.5) is 22.9 Å². The zero-order valence-electron chi connectivity index (χ0n) is 23.9. The van der Waals surface area contributed by atoms with Gasteiger partial charge in [0.2, 0.25) is 0 Å². The molecule has 0 aliphatic rings. The fourth-order valence-corrected chi connectivity index (χ4v) is 4.37. The molecule has 4 rings (SSSR count). The lowest BCUT2D eigenvalue weighted by Crippen LogP contribution is -2.42. The van der Waals surface area contributed by atoms with Crippen LogP contribution < -0.4 is 32.5 Å². The van der Waals surface area contributed by atoms with Gasteiger partial charge in [0.05, 0.1) is 0 Å². The number of hydrogen-bond acceptors (Lipinski definition) is 8. The van der Waals surface area contributed by atoms with Crippen LogP contribution in [-0.4, -0.2) is 35.2 Å². The maximum absolute atomic E-state index is 12.1. The van der Waals surface area contributed by atoms with Crippen LogP contribution in [0.3, 0.4) is 0 Å². The first-order valence-electron chi connectivity index (χ1n) is 14.4. The molecule has 0 spiro atoms. The van der Waals surface area contributed by atoms with Crippen molar-refractivity contribution in [2.24, 2.45) is 5.73 Å². The summed E-state index contributed by atoms with van der Waals surface area (Å²) in [6, 6.07) is 16.2. The fourth-order valence-electron chi connectivity index (χ4n) is 4.37. The molecule has 1 atom stereocenters. The van der Waals surface area contributed by atoms with E-state index in [9.17, 15) is 19.5 Å². The van der Waals surface area contributed by atoms with Gasteiger partial charge in [0, 0.05) is 30.2 Å². The molecular weight excluding hydrogens is 518 g/mol. The van der Waals surface area contributed by atoms with Crippen LogP contribution in [0.2, 0.25) is 0 Å². The van der Waals surface area contributed by atoms with Crippen molar-refractivity contribution in [2.75, 3.05) is 29.0 Å². The van der Waals surface area contributed by atoms with Crippen molar-refractivity contribution in [3.05, 3.63) is 86.8 Å². The zero-order chi connectivity index (χ0) is 29.6. The molecule has 1 aromatic heterocycles. The minimum Gasteiger partial charge on any atom is -0.480 e. The Morgan fingerprint density at radius 2 is 1.59 bits per heavy atom. The number of nitrogens with two attached hydrogens (primary N) is 1. The topological polar surface area (TPSA) is 146 Å². The molecule has 0 bridgehead atoms. The summed E-state index contributed by atoms with van der Waals surface area (Å²) in [4.78, 5) is 40.3. The summed E-state index contributed by atoms with van der Waals surface area (Å²) in [5.41, 5.74) is 5.75. The Balaban J connectivity index is 0.000000696. The minimum absolute atomic E-state index is 0.0548. The molecule has 0 radical (unpaired) electrons. The number of nitrogens with one attached hydrogen (secondary N) is 3. The SMILES string of the molecule is CCCCCN.CCCCCNc1c(N[C@@H](Cc2ccc(Nc3nccc4ccccc34)cc2)C(=O)O)c(=O)c1=O. The highest BCUT2D eigenvalue weighted by atomic mass is 16.4. The maximum atomic E-state index is 12.1. The van der Waals surface area contributed by atoms with E-state index in [4.69, 9.17) is 5.73 Å². The number of unbranched alkanes of at least 4 members (excludes halogenated alkanes) is 4. The van der Waals surface area contributed by atoms with E-state index >= 15 is 0 Å². The van der Waals surface area contributed by atoms with E-state index in [1.807, 2.05) is 54.6 Å². The Morgan fingerprint density at radius 3 is 2.24 bits per heavy atom. The van der Waals surface area contributed by atoms with E-state index < -0.39 is 22.9 Å². The zero-order valence-corrected chi connectivity index (χ0v) is 23.9. The molecule has 0 fully saturated rings. The molecule has 4 aromatic rings. The number of rotatable bonds is 15. The molecule has 0 amide bonds. The number of carboxylic acid groups (broad SMARTS) is 1. The summed E-state index contributed by atoms with van der Waals surface area (Å²) in [5.74, 6) is -0.364. The standard InChI is InChI=1S/C27H28N4O4.C5H13N/c1-2-3-6-14-28-22-23(25(33)24(22)32)31-21(27(34)35)16-17-9-11-19(12-10-17)30-26-20-8-5-4-7-18(20)13-15-29-26;1-2-3-4-5-6/h4-5,7-13,15,21,28,31H,2-3,6,14,16H2,1H3,(H,29,30)(H,34,35);2-6H2,1H3/t21-;/m0./s1. The third-order valence-electron chi connectivity index (χ3n) is 6.75. The predicted molar refractivity (Wildman–Crippen MR) is 168 cm³/mol. The van der Waals surface area contributed by atoms with Gasteiger partial charge in [-0.2, -0.15) is 0 Å². The Kier molecular flexibility index (Phi) is 12.3. The van der Waals surface area contributed by atoms with E-state index in [1.54, 1.807) is 6.20 Å². The molecule has 218 valence electrons. The number of fused-ring (bicyclic) bond motifs is 1. The summed E-state index contributed by atoms with van der Waals surface area (Å²) >= 11 is 0. The largest absolute Gasteiger partial charge is 0.480 e. The summed E-state index contributed by atoms with van der Waals surface area (Å²) in [6.07, 6.45) is 8.55. The molecule has 3 aromatic carbocycles. The lowest BCUT2D eigenvalue weighted by Gasteiger charge is -2.20. The first-order valence-corrected chi connectivity index (χ1v) is 14.4. The second-order valence-electron chi connectivity index (χ2n) is 9.98. The maximum Gasteiger partial charge on any atom is 0.326 e. The van der Waals surface area contributed by atoms with Gasteiger partial charge in [-0.3, -0.25) is 9.59 Å². The second kappa shape index (κ2) is 16.1. The molecule has 9 heteroatoms. The van der Waals surface area contributed by atoms with Crippen LogP contribution in [-0.2, 0) is 11.2 Å². The van der Waals surface area contributed by atoms with Crippen LogP contribution in [0, 0.1) is 0 Å². The van der Waals surface area contributed by atoms with Gasteiger partial charge in [-0.25, -0.2) is 9.78 Å². The van der Waals surface area contributed by atoms with Gasteiger partial charge < -0.3 is 26.8 Å². The Labute approximate surface area is 240 Å². The van der Waals surface area contributed by atoms with E-state index in [0.29, 0.717) is 6.54 Å². The van der Waals surface area contributed by atoms with Crippen LogP contribution in [0.1, 0.15) is 57.9 Å². The first kappa shape index (κ1) is 31.3. The van der Waals surface area contributed by atoms with Gasteiger partial charge in [0.25, 0.3) is 10.9 Å². The predicted octanol–water partition coefficient (Wildman–Crippen LogP) is 5.42. The Hall–Kier alpha value is -4.24. The van der Waals surface area contributed by atoms with E-state index in [1.165, 1.54) is 19.3 Å². The quantitative estimate of drug-likeness (QED) is 0.0951. The van der Waals surface area contributed by atoms with Crippen molar-refractivity contribution in [2.45, 2.75) is 64.8 Å². The lowest BCUT2D eigenvalue weighted by molar-refractivity contribution is -0.137. The van der Waals surface area contributed by atoms with E-state index in [-0.39, 0.29) is 17.8 Å².